The average Bonchev–Trinajstić information content (AvgIpc) is 2.29. The van der Waals surface area contributed by atoms with Crippen molar-refractivity contribution in [2.75, 3.05) is 12.3 Å². The van der Waals surface area contributed by atoms with Gasteiger partial charge >= 0.3 is 5.97 Å². The molecule has 1 atom stereocenters. The third-order valence-electron chi connectivity index (χ3n) is 2.08. The molecule has 0 fully saturated rings. The summed E-state index contributed by atoms with van der Waals surface area (Å²) in [6.07, 6.45) is 1.95. The normalized spacial score (nSPS) is 11.8. The van der Waals surface area contributed by atoms with Crippen molar-refractivity contribution in [1.29, 1.82) is 0 Å². The summed E-state index contributed by atoms with van der Waals surface area (Å²) < 4.78 is 4.84. The summed E-state index contributed by atoms with van der Waals surface area (Å²) in [6, 6.07) is 6.59. The minimum Gasteiger partial charge on any atom is -0.460 e. The summed E-state index contributed by atoms with van der Waals surface area (Å²) in [5.74, 6) is -0.420. The number of esters is 1. The summed E-state index contributed by atoms with van der Waals surface area (Å²) in [7, 11) is 0. The van der Waals surface area contributed by atoms with Crippen LogP contribution in [0.2, 0.25) is 0 Å². The fourth-order valence-corrected chi connectivity index (χ4v) is 1.24. The van der Waals surface area contributed by atoms with Crippen LogP contribution in [0.3, 0.4) is 0 Å². The van der Waals surface area contributed by atoms with E-state index in [9.17, 15) is 4.79 Å². The molecule has 0 aromatic heterocycles. The molecule has 0 aliphatic heterocycles. The third kappa shape index (κ3) is 3.74. The number of nitrogen functional groups attached to an aromatic ring is 1. The van der Waals surface area contributed by atoms with Crippen LogP contribution in [0.25, 0.3) is 0 Å². The highest BCUT2D eigenvalue weighted by Crippen LogP contribution is 2.07. The quantitative estimate of drug-likeness (QED) is 0.438. The number of ether oxygens (including phenoxy) is 1. The van der Waals surface area contributed by atoms with Crippen molar-refractivity contribution in [3.8, 4) is 0 Å². The number of rotatable bonds is 5. The summed E-state index contributed by atoms with van der Waals surface area (Å²) in [6.45, 7) is 3.64. The van der Waals surface area contributed by atoms with Gasteiger partial charge in [0.15, 0.2) is 0 Å². The molecule has 4 nitrogen and oxygen atoms in total. The van der Waals surface area contributed by atoms with Crippen molar-refractivity contribution in [2.24, 2.45) is 5.73 Å². The van der Waals surface area contributed by atoms with Crippen molar-refractivity contribution >= 4 is 11.7 Å². The Kier molecular flexibility index (Phi) is 4.54. The standard InChI is InChI=1S/C12H16N2O2/c1-2-7-16-12(15)11(14)8-9-3-5-10(13)6-4-9/h2-6,11H,1,7-8,13-14H2/t11-/m0/s1. The molecule has 0 amide bonds. The van der Waals surface area contributed by atoms with Gasteiger partial charge in [0.2, 0.25) is 0 Å². The van der Waals surface area contributed by atoms with Gasteiger partial charge in [-0.1, -0.05) is 24.8 Å². The number of hydrogen-bond acceptors (Lipinski definition) is 4. The second-order valence-corrected chi connectivity index (χ2v) is 3.47. The Balaban J connectivity index is 2.50. The maximum atomic E-state index is 11.4. The highest BCUT2D eigenvalue weighted by atomic mass is 16.5. The van der Waals surface area contributed by atoms with Gasteiger partial charge in [0.25, 0.3) is 0 Å². The van der Waals surface area contributed by atoms with E-state index in [-0.39, 0.29) is 6.61 Å². The van der Waals surface area contributed by atoms with Crippen LogP contribution in [-0.2, 0) is 16.0 Å². The molecule has 1 rings (SSSR count). The van der Waals surface area contributed by atoms with Crippen molar-refractivity contribution in [1.82, 2.24) is 0 Å². The Morgan fingerprint density at radius 3 is 2.62 bits per heavy atom. The summed E-state index contributed by atoms with van der Waals surface area (Å²) >= 11 is 0. The molecular formula is C12H16N2O2. The first-order valence-corrected chi connectivity index (χ1v) is 5.01. The molecule has 0 unspecified atom stereocenters. The SMILES string of the molecule is C=CCOC(=O)[C@@H](N)Cc1ccc(N)cc1. The predicted octanol–water partition coefficient (Wildman–Crippen LogP) is 0.868. The maximum absolute atomic E-state index is 11.4. The van der Waals surface area contributed by atoms with Crippen LogP contribution in [-0.4, -0.2) is 18.6 Å². The lowest BCUT2D eigenvalue weighted by Gasteiger charge is -2.10. The first-order chi connectivity index (χ1) is 7.63. The average molecular weight is 220 g/mol. The Bertz CT molecular complexity index is 360. The number of nitrogens with two attached hydrogens (primary N) is 2. The topological polar surface area (TPSA) is 78.3 Å². The number of carbonyl (C=O) groups is 1. The van der Waals surface area contributed by atoms with Crippen molar-refractivity contribution in [3.05, 3.63) is 42.5 Å². The molecule has 1 aromatic rings. The number of hydrogen-bond donors (Lipinski definition) is 2. The molecular weight excluding hydrogens is 204 g/mol. The number of carbonyl (C=O) groups excluding carboxylic acids is 1. The maximum Gasteiger partial charge on any atom is 0.323 e. The zero-order valence-corrected chi connectivity index (χ0v) is 9.06. The number of benzene rings is 1. The Morgan fingerprint density at radius 2 is 2.06 bits per heavy atom. The van der Waals surface area contributed by atoms with E-state index in [1.165, 1.54) is 6.08 Å². The minimum atomic E-state index is -0.649. The van der Waals surface area contributed by atoms with Gasteiger partial charge in [0.1, 0.15) is 12.6 Å². The molecule has 86 valence electrons. The highest BCUT2D eigenvalue weighted by molar-refractivity contribution is 5.76. The van der Waals surface area contributed by atoms with Gasteiger partial charge in [-0.15, -0.1) is 0 Å². The lowest BCUT2D eigenvalue weighted by Crippen LogP contribution is -2.34. The van der Waals surface area contributed by atoms with E-state index in [0.29, 0.717) is 12.1 Å². The van der Waals surface area contributed by atoms with E-state index < -0.39 is 12.0 Å². The zero-order valence-electron chi connectivity index (χ0n) is 9.06. The molecule has 0 radical (unpaired) electrons. The smallest absolute Gasteiger partial charge is 0.323 e. The monoisotopic (exact) mass is 220 g/mol. The Morgan fingerprint density at radius 1 is 1.44 bits per heavy atom. The summed E-state index contributed by atoms with van der Waals surface area (Å²) in [4.78, 5) is 11.4. The van der Waals surface area contributed by atoms with Gasteiger partial charge in [0, 0.05) is 5.69 Å². The first-order valence-electron chi connectivity index (χ1n) is 5.01. The van der Waals surface area contributed by atoms with Crippen LogP contribution in [0.4, 0.5) is 5.69 Å². The summed E-state index contributed by atoms with van der Waals surface area (Å²) in [5.41, 5.74) is 12.9. The minimum absolute atomic E-state index is 0.189. The van der Waals surface area contributed by atoms with E-state index in [2.05, 4.69) is 6.58 Å². The van der Waals surface area contributed by atoms with E-state index in [4.69, 9.17) is 16.2 Å². The van der Waals surface area contributed by atoms with E-state index in [1.807, 2.05) is 12.1 Å². The lowest BCUT2D eigenvalue weighted by molar-refractivity contribution is -0.143. The Labute approximate surface area is 94.9 Å². The lowest BCUT2D eigenvalue weighted by atomic mass is 10.1. The molecule has 1 aromatic carbocycles. The molecule has 16 heavy (non-hydrogen) atoms. The third-order valence-corrected chi connectivity index (χ3v) is 2.08. The molecule has 4 N–H and O–H groups in total. The number of anilines is 1. The highest BCUT2D eigenvalue weighted by Gasteiger charge is 2.14. The summed E-state index contributed by atoms with van der Waals surface area (Å²) in [5, 5.41) is 0. The Hall–Kier alpha value is -1.81. The van der Waals surface area contributed by atoms with E-state index in [0.717, 1.165) is 5.56 Å². The van der Waals surface area contributed by atoms with Gasteiger partial charge < -0.3 is 16.2 Å². The van der Waals surface area contributed by atoms with Crippen LogP contribution in [0.15, 0.2) is 36.9 Å². The van der Waals surface area contributed by atoms with Gasteiger partial charge in [-0.2, -0.15) is 0 Å². The van der Waals surface area contributed by atoms with Crippen molar-refractivity contribution in [2.45, 2.75) is 12.5 Å². The molecule has 0 aliphatic rings. The molecule has 0 saturated heterocycles. The predicted molar refractivity (Wildman–Crippen MR) is 63.7 cm³/mol. The fraction of sp³-hybridized carbons (Fsp3) is 0.250. The van der Waals surface area contributed by atoms with Gasteiger partial charge in [-0.25, -0.2) is 0 Å². The fourth-order valence-electron chi connectivity index (χ4n) is 1.24. The molecule has 0 saturated carbocycles. The second-order valence-electron chi connectivity index (χ2n) is 3.47. The van der Waals surface area contributed by atoms with Crippen LogP contribution in [0.5, 0.6) is 0 Å². The largest absolute Gasteiger partial charge is 0.460 e. The zero-order chi connectivity index (χ0) is 12.0. The van der Waals surface area contributed by atoms with Crippen molar-refractivity contribution < 1.29 is 9.53 Å². The molecule has 0 bridgehead atoms. The molecule has 0 spiro atoms. The van der Waals surface area contributed by atoms with Crippen LogP contribution >= 0.6 is 0 Å². The van der Waals surface area contributed by atoms with Crippen LogP contribution in [0, 0.1) is 0 Å². The van der Waals surface area contributed by atoms with Crippen LogP contribution < -0.4 is 11.5 Å². The van der Waals surface area contributed by atoms with Crippen LogP contribution in [0.1, 0.15) is 5.56 Å². The first kappa shape index (κ1) is 12.3. The van der Waals surface area contributed by atoms with Gasteiger partial charge in [-0.05, 0) is 24.1 Å². The second kappa shape index (κ2) is 5.92. The van der Waals surface area contributed by atoms with E-state index in [1.54, 1.807) is 12.1 Å². The van der Waals surface area contributed by atoms with Crippen molar-refractivity contribution in [3.63, 3.8) is 0 Å². The van der Waals surface area contributed by atoms with Gasteiger partial charge in [0.05, 0.1) is 0 Å². The van der Waals surface area contributed by atoms with E-state index >= 15 is 0 Å². The molecule has 0 aliphatic carbocycles. The molecule has 0 heterocycles. The van der Waals surface area contributed by atoms with Gasteiger partial charge in [-0.3, -0.25) is 4.79 Å². The molecule has 4 heteroatoms.